The highest BCUT2D eigenvalue weighted by Crippen LogP contribution is 2.23. The third-order valence-corrected chi connectivity index (χ3v) is 2.66. The van der Waals surface area contributed by atoms with Crippen LogP contribution in [0.5, 0.6) is 0 Å². The molecule has 0 spiro atoms. The number of halogens is 1. The van der Waals surface area contributed by atoms with Crippen LogP contribution in [0.3, 0.4) is 0 Å². The van der Waals surface area contributed by atoms with Crippen LogP contribution in [0.15, 0.2) is 12.1 Å². The molecule has 0 atom stereocenters. The number of hydrogen-bond donors (Lipinski definition) is 3. The van der Waals surface area contributed by atoms with Crippen molar-refractivity contribution >= 4 is 34.6 Å². The number of hydrogen-bond acceptors (Lipinski definition) is 3. The summed E-state index contributed by atoms with van der Waals surface area (Å²) in [5, 5.41) is 17.9. The number of carboxylic acid groups (broad SMARTS) is 2. The number of imidazole rings is 1. The number of H-pyrrole nitrogens is 1. The number of fused-ring (bicyclic) bond motifs is 1. The molecule has 0 bridgehead atoms. The average molecular weight is 269 g/mol. The first-order valence-corrected chi connectivity index (χ1v) is 5.48. The van der Waals surface area contributed by atoms with Gasteiger partial charge in [-0.3, -0.25) is 4.79 Å². The number of aromatic amines is 1. The Morgan fingerprint density at radius 3 is 2.67 bits per heavy atom. The summed E-state index contributed by atoms with van der Waals surface area (Å²) in [6.45, 7) is 0. The van der Waals surface area contributed by atoms with Gasteiger partial charge in [0.15, 0.2) is 0 Å². The third kappa shape index (κ3) is 2.43. The molecular formula is C11H9ClN2O4. The quantitative estimate of drug-likeness (QED) is 0.786. The largest absolute Gasteiger partial charge is 0.481 e. The third-order valence-electron chi connectivity index (χ3n) is 2.44. The van der Waals surface area contributed by atoms with Gasteiger partial charge in [0.2, 0.25) is 5.82 Å². The lowest BCUT2D eigenvalue weighted by molar-refractivity contribution is -0.136. The Kier molecular flexibility index (Phi) is 3.20. The van der Waals surface area contributed by atoms with Gasteiger partial charge in [-0.25, -0.2) is 9.78 Å². The number of aryl methyl sites for hydroxylation is 1. The number of nitrogens with zero attached hydrogens (tertiary/aromatic N) is 1. The number of aromatic nitrogens is 2. The highest BCUT2D eigenvalue weighted by atomic mass is 35.5. The van der Waals surface area contributed by atoms with Gasteiger partial charge in [-0.15, -0.1) is 0 Å². The molecular weight excluding hydrogens is 260 g/mol. The van der Waals surface area contributed by atoms with Crippen molar-refractivity contribution in [2.24, 2.45) is 0 Å². The summed E-state index contributed by atoms with van der Waals surface area (Å²) in [5.41, 5.74) is 1.54. The maximum atomic E-state index is 10.8. The van der Waals surface area contributed by atoms with Crippen molar-refractivity contribution in [3.8, 4) is 0 Å². The smallest absolute Gasteiger partial charge is 0.371 e. The Morgan fingerprint density at radius 2 is 2.06 bits per heavy atom. The normalized spacial score (nSPS) is 10.7. The molecule has 0 radical (unpaired) electrons. The maximum Gasteiger partial charge on any atom is 0.371 e. The minimum Gasteiger partial charge on any atom is -0.481 e. The van der Waals surface area contributed by atoms with E-state index in [1.807, 2.05) is 0 Å². The summed E-state index contributed by atoms with van der Waals surface area (Å²) >= 11 is 5.89. The van der Waals surface area contributed by atoms with Crippen molar-refractivity contribution in [2.45, 2.75) is 12.8 Å². The van der Waals surface area contributed by atoms with E-state index in [0.717, 1.165) is 0 Å². The van der Waals surface area contributed by atoms with Gasteiger partial charge in [-0.05, 0) is 24.1 Å². The molecule has 0 aliphatic heterocycles. The molecule has 2 rings (SSSR count). The predicted octanol–water partition coefficient (Wildman–Crippen LogP) is 1.93. The Morgan fingerprint density at radius 1 is 1.33 bits per heavy atom. The fourth-order valence-electron chi connectivity index (χ4n) is 1.68. The van der Waals surface area contributed by atoms with Gasteiger partial charge in [0.25, 0.3) is 0 Å². The Labute approximate surface area is 106 Å². The van der Waals surface area contributed by atoms with Crippen molar-refractivity contribution in [2.75, 3.05) is 0 Å². The van der Waals surface area contributed by atoms with Gasteiger partial charge in [0.05, 0.1) is 11.0 Å². The molecule has 7 heteroatoms. The maximum absolute atomic E-state index is 10.8. The molecule has 2 aromatic rings. The number of aromatic carboxylic acids is 1. The topological polar surface area (TPSA) is 103 Å². The Hall–Kier alpha value is -2.08. The summed E-state index contributed by atoms with van der Waals surface area (Å²) in [4.78, 5) is 27.9. The van der Waals surface area contributed by atoms with Gasteiger partial charge in [0, 0.05) is 11.4 Å². The molecule has 0 amide bonds. The lowest BCUT2D eigenvalue weighted by Crippen LogP contribution is -1.99. The zero-order valence-electron chi connectivity index (χ0n) is 9.11. The van der Waals surface area contributed by atoms with Crippen molar-refractivity contribution in [1.82, 2.24) is 9.97 Å². The van der Waals surface area contributed by atoms with E-state index in [1.165, 1.54) is 0 Å². The molecule has 1 aromatic heterocycles. The van der Waals surface area contributed by atoms with Crippen LogP contribution < -0.4 is 0 Å². The van der Waals surface area contributed by atoms with Crippen molar-refractivity contribution < 1.29 is 19.8 Å². The second kappa shape index (κ2) is 4.66. The molecule has 1 heterocycles. The minimum atomic E-state index is -1.17. The number of rotatable bonds is 4. The molecule has 94 valence electrons. The Balaban J connectivity index is 2.50. The van der Waals surface area contributed by atoms with Gasteiger partial charge in [0.1, 0.15) is 0 Å². The van der Waals surface area contributed by atoms with Gasteiger partial charge in [-0.1, -0.05) is 11.6 Å². The molecule has 0 fully saturated rings. The van der Waals surface area contributed by atoms with E-state index in [1.54, 1.807) is 12.1 Å². The first kappa shape index (κ1) is 12.4. The number of carbonyl (C=O) groups is 2. The molecule has 18 heavy (non-hydrogen) atoms. The lowest BCUT2D eigenvalue weighted by Gasteiger charge is -2.01. The lowest BCUT2D eigenvalue weighted by atomic mass is 10.1. The standard InChI is InChI=1S/C11H9ClN2O4/c12-6-3-5(1-2-8(15)16)9-7(4-6)13-10(14-9)11(17)18/h3-4H,1-2H2,(H,13,14)(H,15,16)(H,17,18). The van der Waals surface area contributed by atoms with Crippen molar-refractivity contribution in [1.29, 1.82) is 0 Å². The van der Waals surface area contributed by atoms with Crippen LogP contribution >= 0.6 is 11.6 Å². The monoisotopic (exact) mass is 268 g/mol. The van der Waals surface area contributed by atoms with Crippen molar-refractivity contribution in [3.63, 3.8) is 0 Å². The summed E-state index contributed by atoms with van der Waals surface area (Å²) in [6.07, 6.45) is 0.182. The number of aliphatic carboxylic acids is 1. The molecule has 0 saturated carbocycles. The molecule has 0 aliphatic carbocycles. The Bertz CT molecular complexity index is 635. The van der Waals surface area contributed by atoms with Crippen LogP contribution in [0.4, 0.5) is 0 Å². The number of nitrogens with one attached hydrogen (secondary N) is 1. The van der Waals surface area contributed by atoms with Crippen LogP contribution in [0.1, 0.15) is 22.6 Å². The molecule has 0 unspecified atom stereocenters. The SMILES string of the molecule is O=C(O)CCc1cc(Cl)cc2[nH]c(C(=O)O)nc12. The van der Waals surface area contributed by atoms with E-state index in [9.17, 15) is 9.59 Å². The highest BCUT2D eigenvalue weighted by Gasteiger charge is 2.14. The average Bonchev–Trinajstić information content (AvgIpc) is 2.69. The van der Waals surface area contributed by atoms with Crippen LogP contribution in [0.2, 0.25) is 5.02 Å². The fraction of sp³-hybridized carbons (Fsp3) is 0.182. The molecule has 0 aliphatic rings. The van der Waals surface area contributed by atoms with E-state index in [0.29, 0.717) is 21.6 Å². The first-order chi connectivity index (χ1) is 8.47. The van der Waals surface area contributed by atoms with Gasteiger partial charge < -0.3 is 15.2 Å². The minimum absolute atomic E-state index is 0.0648. The summed E-state index contributed by atoms with van der Waals surface area (Å²) in [5.74, 6) is -2.30. The van der Waals surface area contributed by atoms with Crippen LogP contribution in [0, 0.1) is 0 Å². The van der Waals surface area contributed by atoms with Gasteiger partial charge >= 0.3 is 11.9 Å². The van der Waals surface area contributed by atoms with Gasteiger partial charge in [-0.2, -0.15) is 0 Å². The summed E-state index contributed by atoms with van der Waals surface area (Å²) in [7, 11) is 0. The molecule has 6 nitrogen and oxygen atoms in total. The summed E-state index contributed by atoms with van der Waals surface area (Å²) in [6, 6.07) is 3.15. The highest BCUT2D eigenvalue weighted by molar-refractivity contribution is 6.31. The first-order valence-electron chi connectivity index (χ1n) is 5.10. The second-order valence-electron chi connectivity index (χ2n) is 3.75. The van der Waals surface area contributed by atoms with E-state index in [-0.39, 0.29) is 18.7 Å². The molecule has 0 saturated heterocycles. The fourth-order valence-corrected chi connectivity index (χ4v) is 1.92. The number of benzene rings is 1. The van der Waals surface area contributed by atoms with Crippen LogP contribution in [0.25, 0.3) is 11.0 Å². The van der Waals surface area contributed by atoms with E-state index in [2.05, 4.69) is 9.97 Å². The second-order valence-corrected chi connectivity index (χ2v) is 4.18. The van der Waals surface area contributed by atoms with E-state index >= 15 is 0 Å². The zero-order valence-corrected chi connectivity index (χ0v) is 9.86. The van der Waals surface area contributed by atoms with E-state index < -0.39 is 11.9 Å². The van der Waals surface area contributed by atoms with Crippen molar-refractivity contribution in [3.05, 3.63) is 28.5 Å². The van der Waals surface area contributed by atoms with Crippen LogP contribution in [-0.2, 0) is 11.2 Å². The van der Waals surface area contributed by atoms with Crippen LogP contribution in [-0.4, -0.2) is 32.1 Å². The van der Waals surface area contributed by atoms with E-state index in [4.69, 9.17) is 21.8 Å². The number of carboxylic acids is 2. The molecule has 3 N–H and O–H groups in total. The summed E-state index contributed by atoms with van der Waals surface area (Å²) < 4.78 is 0. The zero-order chi connectivity index (χ0) is 13.3. The molecule has 1 aromatic carbocycles. The predicted molar refractivity (Wildman–Crippen MR) is 64.0 cm³/mol.